The number of hydrogen-bond acceptors (Lipinski definition) is 4. The summed E-state index contributed by atoms with van der Waals surface area (Å²) in [4.78, 5) is 24.0. The van der Waals surface area contributed by atoms with Crippen LogP contribution in [-0.4, -0.2) is 65.6 Å². The molecule has 1 fully saturated rings. The average Bonchev–Trinajstić information content (AvgIpc) is 2.80. The van der Waals surface area contributed by atoms with Crippen molar-refractivity contribution in [1.82, 2.24) is 10.2 Å². The van der Waals surface area contributed by atoms with Crippen LogP contribution in [-0.2, 0) is 9.53 Å². The van der Waals surface area contributed by atoms with Gasteiger partial charge in [0.1, 0.15) is 6.04 Å². The predicted octanol–water partition coefficient (Wildman–Crippen LogP) is 0.423. The lowest BCUT2D eigenvalue weighted by Gasteiger charge is -2.21. The summed E-state index contributed by atoms with van der Waals surface area (Å²) in [5, 5.41) is 21.1. The van der Waals surface area contributed by atoms with E-state index in [1.54, 1.807) is 0 Å². The van der Waals surface area contributed by atoms with Gasteiger partial charge >= 0.3 is 12.0 Å². The smallest absolute Gasteiger partial charge is 0.326 e. The molecule has 7 nitrogen and oxygen atoms in total. The van der Waals surface area contributed by atoms with Crippen molar-refractivity contribution in [2.24, 2.45) is 0 Å². The number of nitrogens with zero attached hydrogens (tertiary/aromatic N) is 1. The third-order valence-electron chi connectivity index (χ3n) is 3.21. The second-order valence-corrected chi connectivity index (χ2v) is 4.95. The zero-order valence-corrected chi connectivity index (χ0v) is 11.9. The van der Waals surface area contributed by atoms with E-state index >= 15 is 0 Å². The molecule has 0 saturated carbocycles. The van der Waals surface area contributed by atoms with Crippen molar-refractivity contribution in [1.29, 1.82) is 0 Å². The van der Waals surface area contributed by atoms with Gasteiger partial charge in [-0.1, -0.05) is 13.3 Å². The normalized spacial score (nSPS) is 22.0. The molecule has 0 radical (unpaired) electrons. The Balaban J connectivity index is 2.20. The topological polar surface area (TPSA) is 99.1 Å². The largest absolute Gasteiger partial charge is 0.480 e. The van der Waals surface area contributed by atoms with Crippen LogP contribution >= 0.6 is 0 Å². The van der Waals surface area contributed by atoms with E-state index < -0.39 is 24.1 Å². The number of rotatable bonds is 8. The number of aliphatic hydroxyl groups excluding tert-OH is 1. The van der Waals surface area contributed by atoms with Crippen LogP contribution in [0.15, 0.2) is 0 Å². The van der Waals surface area contributed by atoms with Crippen LogP contribution in [0.25, 0.3) is 0 Å². The lowest BCUT2D eigenvalue weighted by molar-refractivity contribution is -0.141. The second-order valence-electron chi connectivity index (χ2n) is 4.95. The number of carbonyl (C=O) groups excluding carboxylic acids is 1. The summed E-state index contributed by atoms with van der Waals surface area (Å²) in [6.45, 7) is 3.89. The van der Waals surface area contributed by atoms with E-state index in [1.165, 1.54) is 4.90 Å². The monoisotopic (exact) mass is 288 g/mol. The van der Waals surface area contributed by atoms with Crippen molar-refractivity contribution in [2.75, 3.05) is 26.3 Å². The van der Waals surface area contributed by atoms with Crippen molar-refractivity contribution in [3.05, 3.63) is 0 Å². The maximum atomic E-state index is 11.8. The molecule has 20 heavy (non-hydrogen) atoms. The highest BCUT2D eigenvalue weighted by atomic mass is 16.5. The molecule has 0 spiro atoms. The minimum Gasteiger partial charge on any atom is -0.480 e. The number of carboxylic acid groups (broad SMARTS) is 1. The Morgan fingerprint density at radius 1 is 1.35 bits per heavy atom. The number of aliphatic hydroxyl groups is 1. The van der Waals surface area contributed by atoms with E-state index in [1.807, 2.05) is 0 Å². The molecule has 0 aromatic rings. The highest BCUT2D eigenvalue weighted by molar-refractivity contribution is 5.83. The van der Waals surface area contributed by atoms with Crippen LogP contribution in [0.4, 0.5) is 4.79 Å². The number of β-amino-alcohol motifs (C(OH)–C–C–N with tert-alkyl or cyclic N) is 1. The van der Waals surface area contributed by atoms with E-state index in [-0.39, 0.29) is 13.0 Å². The molecule has 2 atom stereocenters. The standard InChI is InChI=1S/C13H24N2O5/c1-2-3-6-20-7-4-5-14-13(19)15-9-10(16)8-11(15)12(17)18/h10-11,16H,2-9H2,1H3,(H,14,19)(H,17,18)/t10-,11+/m1/s1. The van der Waals surface area contributed by atoms with Crippen molar-refractivity contribution in [3.8, 4) is 0 Å². The fraction of sp³-hybridized carbons (Fsp3) is 0.846. The Bertz CT molecular complexity index is 324. The molecule has 0 aromatic heterocycles. The molecule has 1 rings (SSSR count). The zero-order valence-electron chi connectivity index (χ0n) is 11.9. The molecule has 116 valence electrons. The van der Waals surface area contributed by atoms with Crippen LogP contribution in [0.2, 0.25) is 0 Å². The lowest BCUT2D eigenvalue weighted by atomic mass is 10.2. The molecule has 1 heterocycles. The number of nitrogens with one attached hydrogen (secondary N) is 1. The number of aliphatic carboxylic acids is 1. The van der Waals surface area contributed by atoms with Gasteiger partial charge in [-0.05, 0) is 12.8 Å². The summed E-state index contributed by atoms with van der Waals surface area (Å²) in [7, 11) is 0. The molecule has 0 aliphatic carbocycles. The van der Waals surface area contributed by atoms with Crippen LogP contribution in [0, 0.1) is 0 Å². The molecule has 0 aromatic carbocycles. The molecule has 7 heteroatoms. The van der Waals surface area contributed by atoms with Gasteiger partial charge in [-0.3, -0.25) is 0 Å². The van der Waals surface area contributed by atoms with Crippen molar-refractivity contribution in [2.45, 2.75) is 44.8 Å². The Kier molecular flexibility index (Phi) is 7.32. The first kappa shape index (κ1) is 16.7. The number of hydrogen-bond donors (Lipinski definition) is 3. The number of carbonyl (C=O) groups is 2. The maximum absolute atomic E-state index is 11.8. The first-order valence-corrected chi connectivity index (χ1v) is 7.09. The number of unbranched alkanes of at least 4 members (excludes halogenated alkanes) is 1. The lowest BCUT2D eigenvalue weighted by Crippen LogP contribution is -2.46. The first-order valence-electron chi connectivity index (χ1n) is 7.09. The molecule has 1 aliphatic rings. The molecule has 0 bridgehead atoms. The fourth-order valence-electron chi connectivity index (χ4n) is 2.09. The molecule has 3 N–H and O–H groups in total. The number of amides is 2. The van der Waals surface area contributed by atoms with Gasteiger partial charge in [0, 0.05) is 32.7 Å². The molecular weight excluding hydrogens is 264 g/mol. The van der Waals surface area contributed by atoms with Gasteiger partial charge in [0.25, 0.3) is 0 Å². The zero-order chi connectivity index (χ0) is 15.0. The molecule has 1 aliphatic heterocycles. The van der Waals surface area contributed by atoms with E-state index in [0.717, 1.165) is 19.4 Å². The van der Waals surface area contributed by atoms with E-state index in [4.69, 9.17) is 9.84 Å². The van der Waals surface area contributed by atoms with Gasteiger partial charge in [0.15, 0.2) is 0 Å². The minimum atomic E-state index is -1.08. The van der Waals surface area contributed by atoms with Gasteiger partial charge in [-0.2, -0.15) is 0 Å². The van der Waals surface area contributed by atoms with Crippen LogP contribution in [0.1, 0.15) is 32.6 Å². The third-order valence-corrected chi connectivity index (χ3v) is 3.21. The number of urea groups is 1. The number of carboxylic acids is 1. The highest BCUT2D eigenvalue weighted by Gasteiger charge is 2.38. The summed E-state index contributed by atoms with van der Waals surface area (Å²) in [6, 6.07) is -1.38. The van der Waals surface area contributed by atoms with Gasteiger partial charge in [-0.25, -0.2) is 9.59 Å². The summed E-state index contributed by atoms with van der Waals surface area (Å²) in [5.74, 6) is -1.08. The average molecular weight is 288 g/mol. The minimum absolute atomic E-state index is 0.0653. The van der Waals surface area contributed by atoms with Gasteiger partial charge in [0.2, 0.25) is 0 Å². The molecule has 2 amide bonds. The van der Waals surface area contributed by atoms with Crippen molar-refractivity contribution >= 4 is 12.0 Å². The quantitative estimate of drug-likeness (QED) is 0.562. The van der Waals surface area contributed by atoms with Crippen LogP contribution in [0.5, 0.6) is 0 Å². The Hall–Kier alpha value is -1.34. The summed E-state index contributed by atoms with van der Waals surface area (Å²) in [6.07, 6.45) is 2.12. The first-order chi connectivity index (χ1) is 9.56. The maximum Gasteiger partial charge on any atom is 0.326 e. The van der Waals surface area contributed by atoms with Gasteiger partial charge in [0.05, 0.1) is 6.10 Å². The number of likely N-dealkylation sites (tertiary alicyclic amines) is 1. The Labute approximate surface area is 118 Å². The summed E-state index contributed by atoms with van der Waals surface area (Å²) >= 11 is 0. The summed E-state index contributed by atoms with van der Waals surface area (Å²) in [5.41, 5.74) is 0. The fourth-order valence-corrected chi connectivity index (χ4v) is 2.09. The SMILES string of the molecule is CCCCOCCCNC(=O)N1C[C@H](O)C[C@H]1C(=O)O. The third kappa shape index (κ3) is 5.34. The van der Waals surface area contributed by atoms with Crippen molar-refractivity contribution in [3.63, 3.8) is 0 Å². The van der Waals surface area contributed by atoms with Crippen molar-refractivity contribution < 1.29 is 24.5 Å². The summed E-state index contributed by atoms with van der Waals surface area (Å²) < 4.78 is 5.36. The van der Waals surface area contributed by atoms with Gasteiger partial charge in [-0.15, -0.1) is 0 Å². The van der Waals surface area contributed by atoms with E-state index in [9.17, 15) is 14.7 Å². The predicted molar refractivity (Wildman–Crippen MR) is 72.5 cm³/mol. The second kappa shape index (κ2) is 8.76. The highest BCUT2D eigenvalue weighted by Crippen LogP contribution is 2.17. The molecule has 1 saturated heterocycles. The van der Waals surface area contributed by atoms with Crippen LogP contribution in [0.3, 0.4) is 0 Å². The molecule has 0 unspecified atom stereocenters. The van der Waals surface area contributed by atoms with E-state index in [0.29, 0.717) is 19.6 Å². The number of ether oxygens (including phenoxy) is 1. The Morgan fingerprint density at radius 2 is 2.05 bits per heavy atom. The van der Waals surface area contributed by atoms with Gasteiger partial charge < -0.3 is 25.2 Å². The molecular formula is C13H24N2O5. The Morgan fingerprint density at radius 3 is 2.70 bits per heavy atom. The van der Waals surface area contributed by atoms with E-state index in [2.05, 4.69) is 12.2 Å². The van der Waals surface area contributed by atoms with Crippen LogP contribution < -0.4 is 5.32 Å².